The van der Waals surface area contributed by atoms with Crippen LogP contribution < -0.4 is 10.4 Å². The first-order chi connectivity index (χ1) is 24.9. The van der Waals surface area contributed by atoms with E-state index in [1.807, 2.05) is 0 Å². The second kappa shape index (κ2) is 15.6. The zero-order valence-corrected chi connectivity index (χ0v) is 28.0. The van der Waals surface area contributed by atoms with Gasteiger partial charge in [0.25, 0.3) is 0 Å². The molecule has 0 spiro atoms. The zero-order valence-electron chi connectivity index (χ0n) is 27.2. The van der Waals surface area contributed by atoms with Gasteiger partial charge in [-0.2, -0.15) is 8.42 Å². The molecule has 5 aromatic rings. The van der Waals surface area contributed by atoms with Crippen LogP contribution in [0.5, 0.6) is 5.75 Å². The van der Waals surface area contributed by atoms with Gasteiger partial charge in [-0.15, -0.1) is 0 Å². The van der Waals surface area contributed by atoms with Gasteiger partial charge in [-0.05, 0) is 61.0 Å². The molecule has 1 saturated heterocycles. The normalized spacial score (nSPS) is 20.1. The van der Waals surface area contributed by atoms with E-state index in [4.69, 9.17) is 28.1 Å². The first kappa shape index (κ1) is 35.9. The predicted octanol–water partition coefficient (Wildman–Crippen LogP) is 4.70. The number of hydrogen-bond donors (Lipinski definition) is 1. The van der Waals surface area contributed by atoms with Crippen molar-refractivity contribution < 1.29 is 59.6 Å². The predicted molar refractivity (Wildman–Crippen MR) is 181 cm³/mol. The average molecular weight is 731 g/mol. The highest BCUT2D eigenvalue weighted by molar-refractivity contribution is 7.80. The summed E-state index contributed by atoms with van der Waals surface area (Å²) in [7, 11) is -5.08. The Balaban J connectivity index is 1.46. The minimum atomic E-state index is -5.08. The molecule has 1 N–H and O–H groups in total. The maximum atomic E-state index is 13.6. The van der Waals surface area contributed by atoms with Crippen LogP contribution in [0.25, 0.3) is 11.0 Å². The number of rotatable bonds is 11. The van der Waals surface area contributed by atoms with E-state index in [0.717, 1.165) is 0 Å². The number of hydrogen-bond acceptors (Lipinski definition) is 13. The van der Waals surface area contributed by atoms with Crippen molar-refractivity contribution in [2.24, 2.45) is 0 Å². The Morgan fingerprint density at radius 2 is 1.19 bits per heavy atom. The third kappa shape index (κ3) is 8.70. The molecule has 268 valence electrons. The van der Waals surface area contributed by atoms with Gasteiger partial charge in [0.2, 0.25) is 12.4 Å². The van der Waals surface area contributed by atoms with Crippen LogP contribution in [-0.4, -0.2) is 68.2 Å². The molecule has 0 radical (unpaired) electrons. The van der Waals surface area contributed by atoms with Crippen LogP contribution in [-0.2, 0) is 33.5 Å². The maximum Gasteiger partial charge on any atom is 0.397 e. The third-order valence-corrected chi connectivity index (χ3v) is 8.34. The summed E-state index contributed by atoms with van der Waals surface area (Å²) >= 11 is 0. The molecular weight excluding hydrogens is 700 g/mol. The summed E-state index contributed by atoms with van der Waals surface area (Å²) in [5, 5.41) is 0.588. The standard InChI is InChI=1S/C37H30O14S/c1-22-19-30(38)47-28-20-26(17-18-27(22)28)46-37-33(51-36(41)25-15-9-4-10-16-25)32(50-35(40)24-13-7-3-8-14-24)31(29(48-37)21-45-52(42,43)44)49-34(39)23-11-5-2-6-12-23/h2-20,29,31-33,37H,21H2,1H3,(H,42,43,44)/t29-,31+,32+,33-,37-/m0/s1. The summed E-state index contributed by atoms with van der Waals surface area (Å²) < 4.78 is 72.8. The average Bonchev–Trinajstić information content (AvgIpc) is 3.13. The van der Waals surface area contributed by atoms with E-state index in [9.17, 15) is 32.1 Å². The van der Waals surface area contributed by atoms with Crippen LogP contribution in [0.15, 0.2) is 124 Å². The molecule has 4 aromatic carbocycles. The number of ether oxygens (including phenoxy) is 5. The summed E-state index contributed by atoms with van der Waals surface area (Å²) in [5.74, 6) is -2.77. The smallest absolute Gasteiger partial charge is 0.397 e. The molecule has 0 aliphatic carbocycles. The molecule has 0 unspecified atom stereocenters. The lowest BCUT2D eigenvalue weighted by atomic mass is 9.97. The van der Waals surface area contributed by atoms with Crippen molar-refractivity contribution in [3.8, 4) is 5.75 Å². The van der Waals surface area contributed by atoms with E-state index in [1.165, 1.54) is 54.6 Å². The SMILES string of the molecule is Cc1cc(=O)oc2cc(O[C@H]3O[C@@H](COS(=O)(=O)O)[C@@H](OC(=O)c4ccccc4)[C@@H](OC(=O)c4ccccc4)[C@@H]3OC(=O)c3ccccc3)ccc12. The minimum absolute atomic E-state index is 0.0225. The van der Waals surface area contributed by atoms with Crippen molar-refractivity contribution in [3.05, 3.63) is 148 Å². The second-order valence-corrected chi connectivity index (χ2v) is 12.6. The fraction of sp³-hybridized carbons (Fsp3) is 0.189. The molecule has 6 rings (SSSR count). The topological polar surface area (TPSA) is 191 Å². The summed E-state index contributed by atoms with van der Waals surface area (Å²) in [6, 6.07) is 29.0. The molecule has 0 amide bonds. The van der Waals surface area contributed by atoms with E-state index in [2.05, 4.69) is 4.18 Å². The summed E-state index contributed by atoms with van der Waals surface area (Å²) in [5.41, 5.74) is 0.368. The van der Waals surface area contributed by atoms with E-state index < -0.39 is 71.2 Å². The van der Waals surface area contributed by atoms with Gasteiger partial charge in [0.1, 0.15) is 17.4 Å². The largest absolute Gasteiger partial charge is 0.461 e. The molecule has 52 heavy (non-hydrogen) atoms. The number of carbonyl (C=O) groups excluding carboxylic acids is 3. The molecule has 1 fully saturated rings. The van der Waals surface area contributed by atoms with E-state index in [1.54, 1.807) is 67.6 Å². The Morgan fingerprint density at radius 1 is 0.692 bits per heavy atom. The molecule has 1 aliphatic rings. The van der Waals surface area contributed by atoms with E-state index in [-0.39, 0.29) is 28.0 Å². The molecule has 1 aromatic heterocycles. The number of aryl methyl sites for hydroxylation is 1. The van der Waals surface area contributed by atoms with Crippen molar-refractivity contribution in [3.63, 3.8) is 0 Å². The summed E-state index contributed by atoms with van der Waals surface area (Å²) in [6.07, 6.45) is -8.55. The van der Waals surface area contributed by atoms with E-state index in [0.29, 0.717) is 10.9 Å². The third-order valence-electron chi connectivity index (χ3n) is 7.91. The van der Waals surface area contributed by atoms with Gasteiger partial charge >= 0.3 is 33.9 Å². The Labute approximate surface area is 296 Å². The van der Waals surface area contributed by atoms with Crippen molar-refractivity contribution in [2.75, 3.05) is 6.61 Å². The van der Waals surface area contributed by atoms with Crippen molar-refractivity contribution in [1.29, 1.82) is 0 Å². The first-order valence-corrected chi connectivity index (χ1v) is 17.1. The van der Waals surface area contributed by atoms with Crippen molar-refractivity contribution >= 4 is 39.3 Å². The number of fused-ring (bicyclic) bond motifs is 1. The summed E-state index contributed by atoms with van der Waals surface area (Å²) in [4.78, 5) is 52.8. The van der Waals surface area contributed by atoms with Crippen LogP contribution in [0.4, 0.5) is 0 Å². The lowest BCUT2D eigenvalue weighted by molar-refractivity contribution is -0.274. The van der Waals surface area contributed by atoms with Crippen LogP contribution in [0, 0.1) is 6.92 Å². The van der Waals surface area contributed by atoms with Gasteiger partial charge in [0.05, 0.1) is 23.3 Å². The Kier molecular flexibility index (Phi) is 10.8. The van der Waals surface area contributed by atoms with Crippen LogP contribution >= 0.6 is 0 Å². The van der Waals surface area contributed by atoms with Gasteiger partial charge in [0.15, 0.2) is 12.2 Å². The Hall–Kier alpha value is -5.87. The Morgan fingerprint density at radius 3 is 1.71 bits per heavy atom. The molecule has 0 saturated carbocycles. The molecule has 0 bridgehead atoms. The van der Waals surface area contributed by atoms with E-state index >= 15 is 0 Å². The van der Waals surface area contributed by atoms with Crippen molar-refractivity contribution in [2.45, 2.75) is 37.6 Å². The van der Waals surface area contributed by atoms with Gasteiger partial charge < -0.3 is 28.1 Å². The fourth-order valence-electron chi connectivity index (χ4n) is 5.47. The fourth-order valence-corrected chi connectivity index (χ4v) is 5.78. The lowest BCUT2D eigenvalue weighted by Gasteiger charge is -2.44. The molecule has 1 aliphatic heterocycles. The zero-order chi connectivity index (χ0) is 36.8. The van der Waals surface area contributed by atoms with Crippen LogP contribution in [0.3, 0.4) is 0 Å². The minimum Gasteiger partial charge on any atom is -0.461 e. The monoisotopic (exact) mass is 730 g/mol. The van der Waals surface area contributed by atoms with Crippen LogP contribution in [0.1, 0.15) is 36.6 Å². The number of benzene rings is 4. The maximum absolute atomic E-state index is 13.6. The Bertz CT molecular complexity index is 2220. The lowest BCUT2D eigenvalue weighted by Crippen LogP contribution is -2.63. The number of esters is 3. The highest BCUT2D eigenvalue weighted by Crippen LogP contribution is 2.33. The molecule has 5 atom stereocenters. The molecule has 15 heteroatoms. The molecular formula is C37H30O14S. The quantitative estimate of drug-likeness (QED) is 0.0851. The van der Waals surface area contributed by atoms with Crippen LogP contribution in [0.2, 0.25) is 0 Å². The summed E-state index contributed by atoms with van der Waals surface area (Å²) in [6.45, 7) is 0.738. The van der Waals surface area contributed by atoms with Gasteiger partial charge in [-0.1, -0.05) is 54.6 Å². The van der Waals surface area contributed by atoms with Crippen molar-refractivity contribution in [1.82, 2.24) is 0 Å². The van der Waals surface area contributed by atoms with Gasteiger partial charge in [-0.3, -0.25) is 4.55 Å². The highest BCUT2D eigenvalue weighted by Gasteiger charge is 2.54. The molecule has 2 heterocycles. The second-order valence-electron chi connectivity index (χ2n) is 11.5. The van der Waals surface area contributed by atoms with Gasteiger partial charge in [0, 0.05) is 17.5 Å². The highest BCUT2D eigenvalue weighted by atomic mass is 32.3. The molecule has 14 nitrogen and oxygen atoms in total. The number of carbonyl (C=O) groups is 3. The van der Waals surface area contributed by atoms with Gasteiger partial charge in [-0.25, -0.2) is 23.4 Å². The first-order valence-electron chi connectivity index (χ1n) is 15.7.